The summed E-state index contributed by atoms with van der Waals surface area (Å²) in [6, 6.07) is 12.0. The molecule has 176 valence electrons. The zero-order valence-electron chi connectivity index (χ0n) is 19.2. The average Bonchev–Trinajstić information content (AvgIpc) is 2.95. The quantitative estimate of drug-likeness (QED) is 0.729. The Morgan fingerprint density at radius 3 is 2.42 bits per heavy atom. The fourth-order valence-electron chi connectivity index (χ4n) is 4.75. The van der Waals surface area contributed by atoms with Crippen LogP contribution < -0.4 is 10.2 Å². The van der Waals surface area contributed by atoms with E-state index in [2.05, 4.69) is 5.32 Å². The Morgan fingerprint density at radius 1 is 1.03 bits per heavy atom. The second-order valence-corrected chi connectivity index (χ2v) is 10.9. The third-order valence-electron chi connectivity index (χ3n) is 6.43. The van der Waals surface area contributed by atoms with Crippen LogP contribution >= 0.6 is 0 Å². The number of amides is 2. The van der Waals surface area contributed by atoms with E-state index in [0.29, 0.717) is 30.9 Å². The normalized spacial score (nSPS) is 19.1. The van der Waals surface area contributed by atoms with Crippen molar-refractivity contribution in [3.63, 3.8) is 0 Å². The molecule has 0 spiro atoms. The Balaban J connectivity index is 1.54. The highest BCUT2D eigenvalue weighted by Gasteiger charge is 2.38. The number of sulfonamides is 1. The zero-order valence-corrected chi connectivity index (χ0v) is 20.0. The van der Waals surface area contributed by atoms with E-state index in [4.69, 9.17) is 0 Å². The third-order valence-corrected chi connectivity index (χ3v) is 8.32. The van der Waals surface area contributed by atoms with Crippen molar-refractivity contribution >= 4 is 27.5 Å². The third kappa shape index (κ3) is 4.96. The Labute approximate surface area is 195 Å². The van der Waals surface area contributed by atoms with Crippen molar-refractivity contribution in [2.24, 2.45) is 0 Å². The van der Waals surface area contributed by atoms with Crippen LogP contribution in [0.25, 0.3) is 0 Å². The summed E-state index contributed by atoms with van der Waals surface area (Å²) < 4.78 is 28.0. The van der Waals surface area contributed by atoms with Gasteiger partial charge in [0.15, 0.2) is 0 Å². The standard InChI is InChI=1S/C25H31N3O4S/c1-18-8-7-9-20(14-18)17-26-25(30)24-16-21-15-22(10-11-23(21)28(24)19(2)29)33(31,32)27-12-5-3-4-6-13-27/h7-11,14-15,24H,3-6,12-13,16-17H2,1-2H3,(H,26,30). The van der Waals surface area contributed by atoms with Gasteiger partial charge >= 0.3 is 0 Å². The number of carbonyl (C=O) groups is 2. The van der Waals surface area contributed by atoms with Crippen molar-refractivity contribution < 1.29 is 18.0 Å². The van der Waals surface area contributed by atoms with Crippen LogP contribution in [0.2, 0.25) is 0 Å². The van der Waals surface area contributed by atoms with Crippen LogP contribution in [0.3, 0.4) is 0 Å². The first kappa shape index (κ1) is 23.4. The van der Waals surface area contributed by atoms with Gasteiger partial charge in [-0.3, -0.25) is 14.5 Å². The summed E-state index contributed by atoms with van der Waals surface area (Å²) in [6.07, 6.45) is 4.11. The minimum absolute atomic E-state index is 0.229. The summed E-state index contributed by atoms with van der Waals surface area (Å²) >= 11 is 0. The predicted molar refractivity (Wildman–Crippen MR) is 127 cm³/mol. The summed E-state index contributed by atoms with van der Waals surface area (Å²) in [5.74, 6) is -0.493. The minimum atomic E-state index is -3.60. The summed E-state index contributed by atoms with van der Waals surface area (Å²) in [6.45, 7) is 4.85. The van der Waals surface area contributed by atoms with E-state index in [0.717, 1.165) is 36.8 Å². The van der Waals surface area contributed by atoms with Crippen molar-refractivity contribution in [3.05, 3.63) is 59.2 Å². The van der Waals surface area contributed by atoms with E-state index in [-0.39, 0.29) is 23.1 Å². The van der Waals surface area contributed by atoms with E-state index < -0.39 is 16.1 Å². The maximum absolute atomic E-state index is 13.2. The Morgan fingerprint density at radius 2 is 1.76 bits per heavy atom. The molecule has 0 saturated carbocycles. The van der Waals surface area contributed by atoms with Gasteiger partial charge in [0, 0.05) is 38.7 Å². The molecular formula is C25H31N3O4S. The van der Waals surface area contributed by atoms with Gasteiger partial charge in [-0.1, -0.05) is 42.7 Å². The van der Waals surface area contributed by atoms with E-state index >= 15 is 0 Å². The van der Waals surface area contributed by atoms with Gasteiger partial charge in [0.05, 0.1) is 4.90 Å². The van der Waals surface area contributed by atoms with Gasteiger partial charge in [-0.2, -0.15) is 4.31 Å². The van der Waals surface area contributed by atoms with Crippen LogP contribution in [-0.2, 0) is 32.6 Å². The fraction of sp³-hybridized carbons (Fsp3) is 0.440. The van der Waals surface area contributed by atoms with Crippen LogP contribution in [-0.4, -0.2) is 43.7 Å². The van der Waals surface area contributed by atoms with Crippen LogP contribution in [0, 0.1) is 6.92 Å². The maximum Gasteiger partial charge on any atom is 0.243 e. The van der Waals surface area contributed by atoms with E-state index in [1.165, 1.54) is 11.8 Å². The second-order valence-electron chi connectivity index (χ2n) is 8.92. The molecule has 0 bridgehead atoms. The number of rotatable bonds is 5. The molecule has 7 nitrogen and oxygen atoms in total. The van der Waals surface area contributed by atoms with E-state index in [1.54, 1.807) is 22.5 Å². The van der Waals surface area contributed by atoms with Crippen molar-refractivity contribution in [1.29, 1.82) is 0 Å². The molecule has 33 heavy (non-hydrogen) atoms. The molecule has 2 amide bonds. The highest BCUT2D eigenvalue weighted by atomic mass is 32.2. The van der Waals surface area contributed by atoms with Crippen LogP contribution in [0.1, 0.15) is 49.3 Å². The molecule has 1 saturated heterocycles. The summed E-state index contributed by atoms with van der Waals surface area (Å²) in [5, 5.41) is 2.93. The lowest BCUT2D eigenvalue weighted by Crippen LogP contribution is -2.47. The highest BCUT2D eigenvalue weighted by molar-refractivity contribution is 7.89. The van der Waals surface area contributed by atoms with Gasteiger partial charge in [0.1, 0.15) is 6.04 Å². The molecule has 1 fully saturated rings. The molecule has 2 aliphatic rings. The maximum atomic E-state index is 13.2. The fourth-order valence-corrected chi connectivity index (χ4v) is 6.32. The van der Waals surface area contributed by atoms with Crippen molar-refractivity contribution in [1.82, 2.24) is 9.62 Å². The lowest BCUT2D eigenvalue weighted by atomic mass is 10.1. The summed E-state index contributed by atoms with van der Waals surface area (Å²) in [5.41, 5.74) is 3.41. The van der Waals surface area contributed by atoms with Crippen LogP contribution in [0.4, 0.5) is 5.69 Å². The molecular weight excluding hydrogens is 438 g/mol. The van der Waals surface area contributed by atoms with E-state index in [1.807, 2.05) is 31.2 Å². The lowest BCUT2D eigenvalue weighted by molar-refractivity contribution is -0.125. The monoisotopic (exact) mass is 469 g/mol. The molecule has 2 heterocycles. The molecule has 1 unspecified atom stereocenters. The molecule has 2 aromatic carbocycles. The SMILES string of the molecule is CC(=O)N1c2ccc(S(=O)(=O)N3CCCCCC3)cc2CC1C(=O)NCc1cccc(C)c1. The minimum Gasteiger partial charge on any atom is -0.350 e. The number of carbonyl (C=O) groups excluding carboxylic acids is 2. The second kappa shape index (κ2) is 9.65. The number of nitrogens with one attached hydrogen (secondary N) is 1. The Kier molecular flexibility index (Phi) is 6.86. The van der Waals surface area contributed by atoms with Gasteiger partial charge in [0.25, 0.3) is 0 Å². The average molecular weight is 470 g/mol. The number of hydrogen-bond acceptors (Lipinski definition) is 4. The van der Waals surface area contributed by atoms with Crippen molar-refractivity contribution in [2.75, 3.05) is 18.0 Å². The first-order valence-corrected chi connectivity index (χ1v) is 13.0. The first-order valence-electron chi connectivity index (χ1n) is 11.5. The number of aryl methyl sites for hydroxylation is 1. The van der Waals surface area contributed by atoms with Gasteiger partial charge in [-0.15, -0.1) is 0 Å². The Bertz CT molecular complexity index is 1150. The largest absolute Gasteiger partial charge is 0.350 e. The molecule has 0 aliphatic carbocycles. The Hall–Kier alpha value is -2.71. The van der Waals surface area contributed by atoms with Gasteiger partial charge in [-0.05, 0) is 49.1 Å². The molecule has 0 radical (unpaired) electrons. The molecule has 1 N–H and O–H groups in total. The lowest BCUT2D eigenvalue weighted by Gasteiger charge is -2.24. The van der Waals surface area contributed by atoms with Crippen molar-refractivity contribution in [3.8, 4) is 0 Å². The number of anilines is 1. The molecule has 2 aliphatic heterocycles. The van der Waals surface area contributed by atoms with Crippen LogP contribution in [0.5, 0.6) is 0 Å². The molecule has 0 aromatic heterocycles. The number of fused-ring (bicyclic) bond motifs is 1. The number of nitrogens with zero attached hydrogens (tertiary/aromatic N) is 2. The smallest absolute Gasteiger partial charge is 0.243 e. The number of benzene rings is 2. The van der Waals surface area contributed by atoms with Gasteiger partial charge in [0.2, 0.25) is 21.8 Å². The summed E-state index contributed by atoms with van der Waals surface area (Å²) in [4.78, 5) is 27.2. The predicted octanol–water partition coefficient (Wildman–Crippen LogP) is 3.15. The van der Waals surface area contributed by atoms with E-state index in [9.17, 15) is 18.0 Å². The molecule has 2 aromatic rings. The van der Waals surface area contributed by atoms with Crippen molar-refractivity contribution in [2.45, 2.75) is 63.4 Å². The van der Waals surface area contributed by atoms with Crippen LogP contribution in [0.15, 0.2) is 47.4 Å². The molecule has 1 atom stereocenters. The topological polar surface area (TPSA) is 86.8 Å². The summed E-state index contributed by atoms with van der Waals surface area (Å²) in [7, 11) is -3.60. The molecule has 8 heteroatoms. The van der Waals surface area contributed by atoms with Gasteiger partial charge in [-0.25, -0.2) is 8.42 Å². The zero-order chi connectivity index (χ0) is 23.6. The number of hydrogen-bond donors (Lipinski definition) is 1. The van der Waals surface area contributed by atoms with Gasteiger partial charge < -0.3 is 5.32 Å². The highest BCUT2D eigenvalue weighted by Crippen LogP contribution is 2.35. The first-order chi connectivity index (χ1) is 15.8. The molecule has 4 rings (SSSR count).